The minimum atomic E-state index is 0.0788. The van der Waals surface area contributed by atoms with E-state index in [-0.39, 0.29) is 11.5 Å². The number of aromatic hydroxyl groups is 2. The van der Waals surface area contributed by atoms with Gasteiger partial charge in [-0.05, 0) is 71.1 Å². The lowest BCUT2D eigenvalue weighted by Gasteiger charge is -2.35. The highest BCUT2D eigenvalue weighted by atomic mass is 16.3. The van der Waals surface area contributed by atoms with Gasteiger partial charge in [-0.1, -0.05) is 57.2 Å². The first-order valence-electron chi connectivity index (χ1n) is 9.46. The van der Waals surface area contributed by atoms with Gasteiger partial charge in [-0.3, -0.25) is 0 Å². The van der Waals surface area contributed by atoms with Crippen LogP contribution in [0.4, 0.5) is 0 Å². The molecule has 136 valence electrons. The Morgan fingerprint density at radius 3 is 2.31 bits per heavy atom. The number of phenols is 2. The van der Waals surface area contributed by atoms with Crippen LogP contribution in [0.1, 0.15) is 44.7 Å². The van der Waals surface area contributed by atoms with Crippen molar-refractivity contribution in [3.8, 4) is 11.5 Å². The fourth-order valence-electron chi connectivity index (χ4n) is 4.25. The summed E-state index contributed by atoms with van der Waals surface area (Å²) in [5, 5.41) is 19.7. The molecule has 0 saturated carbocycles. The van der Waals surface area contributed by atoms with Crippen LogP contribution in [0, 0.1) is 17.8 Å². The zero-order valence-electron chi connectivity index (χ0n) is 15.8. The lowest BCUT2D eigenvalue weighted by Crippen LogP contribution is -2.24. The SMILES string of the molecule is CC(C)C1C(C(=Cc2cc(O)cc(O)c2)c2ccccc2)=CCCC1C. The van der Waals surface area contributed by atoms with Crippen LogP contribution in [0.3, 0.4) is 0 Å². The molecule has 0 amide bonds. The highest BCUT2D eigenvalue weighted by Crippen LogP contribution is 2.43. The minimum Gasteiger partial charge on any atom is -0.508 e. The molecular weight excluding hydrogens is 320 g/mol. The minimum absolute atomic E-state index is 0.0788. The van der Waals surface area contributed by atoms with Crippen LogP contribution in [-0.2, 0) is 0 Å². The van der Waals surface area contributed by atoms with Gasteiger partial charge in [0.15, 0.2) is 0 Å². The number of hydrogen-bond donors (Lipinski definition) is 2. The third-order valence-electron chi connectivity index (χ3n) is 5.31. The van der Waals surface area contributed by atoms with Gasteiger partial charge in [0.25, 0.3) is 0 Å². The highest BCUT2D eigenvalue weighted by Gasteiger charge is 2.29. The van der Waals surface area contributed by atoms with E-state index in [4.69, 9.17) is 0 Å². The van der Waals surface area contributed by atoms with E-state index in [1.165, 1.54) is 29.2 Å². The Balaban J connectivity index is 2.15. The van der Waals surface area contributed by atoms with Crippen LogP contribution >= 0.6 is 0 Å². The van der Waals surface area contributed by atoms with Crippen molar-refractivity contribution in [3.63, 3.8) is 0 Å². The smallest absolute Gasteiger partial charge is 0.119 e. The normalized spacial score (nSPS) is 20.9. The molecule has 0 aromatic heterocycles. The first-order chi connectivity index (χ1) is 12.5. The van der Waals surface area contributed by atoms with Crippen molar-refractivity contribution in [2.24, 2.45) is 17.8 Å². The van der Waals surface area contributed by atoms with Gasteiger partial charge in [-0.25, -0.2) is 0 Å². The van der Waals surface area contributed by atoms with E-state index in [1.54, 1.807) is 12.1 Å². The van der Waals surface area contributed by atoms with Gasteiger partial charge in [-0.2, -0.15) is 0 Å². The van der Waals surface area contributed by atoms with Crippen LogP contribution in [-0.4, -0.2) is 10.2 Å². The van der Waals surface area contributed by atoms with Crippen LogP contribution in [0.5, 0.6) is 11.5 Å². The lowest BCUT2D eigenvalue weighted by atomic mass is 9.70. The first-order valence-corrected chi connectivity index (χ1v) is 9.46. The zero-order valence-corrected chi connectivity index (χ0v) is 15.8. The number of hydrogen-bond acceptors (Lipinski definition) is 2. The van der Waals surface area contributed by atoms with Crippen molar-refractivity contribution < 1.29 is 10.2 Å². The summed E-state index contributed by atoms with van der Waals surface area (Å²) in [6.07, 6.45) is 6.79. The standard InChI is InChI=1S/C24H28O2/c1-16(2)24-17(3)8-7-11-22(24)23(19-9-5-4-6-10-19)14-18-12-20(25)15-21(26)13-18/h4-6,9-17,24-26H,7-8H2,1-3H3. The molecule has 0 fully saturated rings. The molecule has 0 spiro atoms. The molecule has 2 heteroatoms. The van der Waals surface area contributed by atoms with E-state index in [9.17, 15) is 10.2 Å². The Bertz CT molecular complexity index is 795. The maximum absolute atomic E-state index is 9.87. The molecular formula is C24H28O2. The fourth-order valence-corrected chi connectivity index (χ4v) is 4.25. The Hall–Kier alpha value is -2.48. The summed E-state index contributed by atoms with van der Waals surface area (Å²) in [4.78, 5) is 0. The van der Waals surface area contributed by atoms with Gasteiger partial charge in [0.05, 0.1) is 0 Å². The van der Waals surface area contributed by atoms with E-state index in [2.05, 4.69) is 57.2 Å². The van der Waals surface area contributed by atoms with E-state index in [0.29, 0.717) is 17.8 Å². The van der Waals surface area contributed by atoms with Crippen molar-refractivity contribution in [2.45, 2.75) is 33.6 Å². The molecule has 2 atom stereocenters. The molecule has 2 nitrogen and oxygen atoms in total. The summed E-state index contributed by atoms with van der Waals surface area (Å²) in [7, 11) is 0. The average molecular weight is 348 g/mol. The summed E-state index contributed by atoms with van der Waals surface area (Å²) >= 11 is 0. The third kappa shape index (κ3) is 4.01. The third-order valence-corrected chi connectivity index (χ3v) is 5.31. The topological polar surface area (TPSA) is 40.5 Å². The number of rotatable bonds is 4. The second-order valence-electron chi connectivity index (χ2n) is 7.69. The zero-order chi connectivity index (χ0) is 18.7. The maximum Gasteiger partial charge on any atom is 0.119 e. The Labute approximate surface area is 156 Å². The Kier molecular flexibility index (Phi) is 5.51. The lowest BCUT2D eigenvalue weighted by molar-refractivity contribution is 0.295. The molecule has 1 aliphatic carbocycles. The summed E-state index contributed by atoms with van der Waals surface area (Å²) in [5.74, 6) is 1.85. The Morgan fingerprint density at radius 2 is 1.69 bits per heavy atom. The second-order valence-corrected chi connectivity index (χ2v) is 7.69. The van der Waals surface area contributed by atoms with Crippen LogP contribution < -0.4 is 0 Å². The van der Waals surface area contributed by atoms with Gasteiger partial charge in [0.2, 0.25) is 0 Å². The van der Waals surface area contributed by atoms with Crippen molar-refractivity contribution in [1.82, 2.24) is 0 Å². The van der Waals surface area contributed by atoms with Crippen molar-refractivity contribution in [1.29, 1.82) is 0 Å². The second kappa shape index (κ2) is 7.82. The first kappa shape index (κ1) is 18.3. The summed E-state index contributed by atoms with van der Waals surface area (Å²) in [5.41, 5.74) is 4.54. The van der Waals surface area contributed by atoms with E-state index >= 15 is 0 Å². The van der Waals surface area contributed by atoms with Gasteiger partial charge in [-0.15, -0.1) is 0 Å². The van der Waals surface area contributed by atoms with Gasteiger partial charge in [0.1, 0.15) is 11.5 Å². The average Bonchev–Trinajstić information content (AvgIpc) is 2.59. The molecule has 3 rings (SSSR count). The highest BCUT2D eigenvalue weighted by molar-refractivity contribution is 5.91. The largest absolute Gasteiger partial charge is 0.508 e. The van der Waals surface area contributed by atoms with E-state index in [1.807, 2.05) is 6.07 Å². The summed E-state index contributed by atoms with van der Waals surface area (Å²) in [6.45, 7) is 6.94. The van der Waals surface area contributed by atoms with Crippen molar-refractivity contribution >= 4 is 11.6 Å². The maximum atomic E-state index is 9.87. The van der Waals surface area contributed by atoms with Gasteiger partial charge in [0, 0.05) is 6.07 Å². The Morgan fingerprint density at radius 1 is 1.04 bits per heavy atom. The summed E-state index contributed by atoms with van der Waals surface area (Å²) in [6, 6.07) is 15.1. The fraction of sp³-hybridized carbons (Fsp3) is 0.333. The molecule has 0 bridgehead atoms. The van der Waals surface area contributed by atoms with Crippen LogP contribution in [0.15, 0.2) is 60.2 Å². The van der Waals surface area contributed by atoms with Crippen molar-refractivity contribution in [2.75, 3.05) is 0 Å². The number of phenolic OH excluding ortho intramolecular Hbond substituents is 2. The number of allylic oxidation sites excluding steroid dienone is 3. The molecule has 2 aromatic carbocycles. The number of benzene rings is 2. The molecule has 0 radical (unpaired) electrons. The molecule has 26 heavy (non-hydrogen) atoms. The van der Waals surface area contributed by atoms with Crippen LogP contribution in [0.2, 0.25) is 0 Å². The monoisotopic (exact) mass is 348 g/mol. The van der Waals surface area contributed by atoms with Gasteiger partial charge >= 0.3 is 0 Å². The molecule has 2 N–H and O–H groups in total. The van der Waals surface area contributed by atoms with Crippen LogP contribution in [0.25, 0.3) is 11.6 Å². The molecule has 2 unspecified atom stereocenters. The quantitative estimate of drug-likeness (QED) is 0.640. The molecule has 0 aliphatic heterocycles. The molecule has 2 aromatic rings. The molecule has 0 saturated heterocycles. The van der Waals surface area contributed by atoms with Gasteiger partial charge < -0.3 is 10.2 Å². The van der Waals surface area contributed by atoms with E-state index < -0.39 is 0 Å². The predicted molar refractivity (Wildman–Crippen MR) is 109 cm³/mol. The predicted octanol–water partition coefficient (Wildman–Crippen LogP) is 6.27. The van der Waals surface area contributed by atoms with E-state index in [0.717, 1.165) is 12.0 Å². The molecule has 0 heterocycles. The summed E-state index contributed by atoms with van der Waals surface area (Å²) < 4.78 is 0. The molecule has 1 aliphatic rings. The van der Waals surface area contributed by atoms with Crippen molar-refractivity contribution in [3.05, 3.63) is 71.3 Å².